The van der Waals surface area contributed by atoms with Crippen LogP contribution < -0.4 is 5.32 Å². The summed E-state index contributed by atoms with van der Waals surface area (Å²) >= 11 is 6.09. The third-order valence-electron chi connectivity index (χ3n) is 2.41. The van der Waals surface area contributed by atoms with Gasteiger partial charge in [0, 0.05) is 5.69 Å². The van der Waals surface area contributed by atoms with Crippen molar-refractivity contribution in [3.63, 3.8) is 0 Å². The van der Waals surface area contributed by atoms with E-state index in [4.69, 9.17) is 16.9 Å². The molecule has 3 heteroatoms. The van der Waals surface area contributed by atoms with Gasteiger partial charge in [0.2, 0.25) is 0 Å². The number of rotatable bonds is 2. The predicted molar refractivity (Wildman–Crippen MR) is 70.6 cm³/mol. The lowest BCUT2D eigenvalue weighted by Crippen LogP contribution is -1.91. The van der Waals surface area contributed by atoms with Crippen molar-refractivity contribution in [1.82, 2.24) is 0 Å². The molecule has 2 nitrogen and oxygen atoms in total. The van der Waals surface area contributed by atoms with Gasteiger partial charge in [-0.3, -0.25) is 0 Å². The van der Waals surface area contributed by atoms with E-state index in [0.29, 0.717) is 10.6 Å². The Balaban J connectivity index is 2.25. The first-order valence-electron chi connectivity index (χ1n) is 5.22. The summed E-state index contributed by atoms with van der Waals surface area (Å²) in [6.07, 6.45) is 0. The number of nitriles is 1. The Hall–Kier alpha value is -1.98. The van der Waals surface area contributed by atoms with E-state index >= 15 is 0 Å². The van der Waals surface area contributed by atoms with Crippen molar-refractivity contribution in [1.29, 1.82) is 5.26 Å². The van der Waals surface area contributed by atoms with Crippen molar-refractivity contribution in [3.05, 3.63) is 58.6 Å². The van der Waals surface area contributed by atoms with Crippen LogP contribution in [0.4, 0.5) is 11.4 Å². The van der Waals surface area contributed by atoms with Crippen LogP contribution in [0.15, 0.2) is 42.5 Å². The van der Waals surface area contributed by atoms with Crippen molar-refractivity contribution in [3.8, 4) is 6.07 Å². The summed E-state index contributed by atoms with van der Waals surface area (Å²) < 4.78 is 0. The predicted octanol–water partition coefficient (Wildman–Crippen LogP) is 4.26. The topological polar surface area (TPSA) is 35.8 Å². The number of halogens is 1. The van der Waals surface area contributed by atoms with Crippen molar-refractivity contribution in [2.45, 2.75) is 6.92 Å². The minimum Gasteiger partial charge on any atom is -0.354 e. The first kappa shape index (κ1) is 11.5. The SMILES string of the molecule is Cc1ccc(Cl)c(Nc2ccc(C#N)cc2)c1. The van der Waals surface area contributed by atoms with Crippen LogP contribution in [-0.4, -0.2) is 0 Å². The van der Waals surface area contributed by atoms with E-state index < -0.39 is 0 Å². The van der Waals surface area contributed by atoms with Gasteiger partial charge in [-0.1, -0.05) is 17.7 Å². The van der Waals surface area contributed by atoms with Gasteiger partial charge in [-0.2, -0.15) is 5.26 Å². The second kappa shape index (κ2) is 4.90. The van der Waals surface area contributed by atoms with Crippen LogP contribution in [-0.2, 0) is 0 Å². The fourth-order valence-corrected chi connectivity index (χ4v) is 1.68. The summed E-state index contributed by atoms with van der Waals surface area (Å²) in [5.41, 5.74) is 3.57. The van der Waals surface area contributed by atoms with Crippen molar-refractivity contribution >= 4 is 23.0 Å². The second-order valence-electron chi connectivity index (χ2n) is 3.80. The molecule has 0 aromatic heterocycles. The van der Waals surface area contributed by atoms with Gasteiger partial charge in [-0.25, -0.2) is 0 Å². The molecule has 2 aromatic carbocycles. The molecule has 0 unspecified atom stereocenters. The van der Waals surface area contributed by atoms with Crippen LogP contribution in [0.5, 0.6) is 0 Å². The van der Waals surface area contributed by atoms with Crippen LogP contribution in [0.2, 0.25) is 5.02 Å². The van der Waals surface area contributed by atoms with Crippen molar-refractivity contribution in [2.24, 2.45) is 0 Å². The highest BCUT2D eigenvalue weighted by molar-refractivity contribution is 6.33. The Bertz CT molecular complexity index is 568. The number of anilines is 2. The molecule has 0 aliphatic rings. The number of hydrogen-bond acceptors (Lipinski definition) is 2. The highest BCUT2D eigenvalue weighted by atomic mass is 35.5. The fourth-order valence-electron chi connectivity index (χ4n) is 1.52. The number of benzene rings is 2. The maximum absolute atomic E-state index is 8.71. The lowest BCUT2D eigenvalue weighted by molar-refractivity contribution is 1.44. The zero-order valence-corrected chi connectivity index (χ0v) is 10.1. The lowest BCUT2D eigenvalue weighted by Gasteiger charge is -2.09. The minimum absolute atomic E-state index is 0.644. The second-order valence-corrected chi connectivity index (χ2v) is 4.20. The number of nitrogens with zero attached hydrogens (tertiary/aromatic N) is 1. The Morgan fingerprint density at radius 3 is 2.47 bits per heavy atom. The van der Waals surface area contributed by atoms with Gasteiger partial charge in [0.25, 0.3) is 0 Å². The number of nitrogens with one attached hydrogen (secondary N) is 1. The molecule has 2 aromatic rings. The van der Waals surface area contributed by atoms with E-state index in [1.165, 1.54) is 0 Å². The molecular weight excluding hydrogens is 232 g/mol. The summed E-state index contributed by atoms with van der Waals surface area (Å²) in [7, 11) is 0. The van der Waals surface area contributed by atoms with Gasteiger partial charge >= 0.3 is 0 Å². The van der Waals surface area contributed by atoms with E-state index in [-0.39, 0.29) is 0 Å². The molecule has 0 atom stereocenters. The highest BCUT2D eigenvalue weighted by Gasteiger charge is 2.01. The van der Waals surface area contributed by atoms with Crippen LogP contribution in [0.25, 0.3) is 0 Å². The summed E-state index contributed by atoms with van der Waals surface area (Å²) in [5.74, 6) is 0. The van der Waals surface area contributed by atoms with Crippen molar-refractivity contribution in [2.75, 3.05) is 5.32 Å². The monoisotopic (exact) mass is 242 g/mol. The molecule has 0 spiro atoms. The van der Waals surface area contributed by atoms with Crippen LogP contribution >= 0.6 is 11.6 Å². The molecule has 0 aliphatic heterocycles. The van der Waals surface area contributed by atoms with E-state index in [1.807, 2.05) is 37.3 Å². The standard InChI is InChI=1S/C14H11ClN2/c1-10-2-7-13(15)14(8-10)17-12-5-3-11(9-16)4-6-12/h2-8,17H,1H3. The zero-order valence-electron chi connectivity index (χ0n) is 9.37. The van der Waals surface area contributed by atoms with E-state index in [1.54, 1.807) is 12.1 Å². The van der Waals surface area contributed by atoms with E-state index in [9.17, 15) is 0 Å². The maximum atomic E-state index is 8.71. The lowest BCUT2D eigenvalue weighted by atomic mass is 10.2. The zero-order chi connectivity index (χ0) is 12.3. The molecule has 0 radical (unpaired) electrons. The summed E-state index contributed by atoms with van der Waals surface area (Å²) in [6, 6.07) is 15.2. The number of aryl methyl sites for hydroxylation is 1. The third kappa shape index (κ3) is 2.77. The van der Waals surface area contributed by atoms with Gasteiger partial charge < -0.3 is 5.32 Å². The molecule has 0 heterocycles. The molecule has 1 N–H and O–H groups in total. The quantitative estimate of drug-likeness (QED) is 0.854. The molecule has 2 rings (SSSR count). The molecule has 0 bridgehead atoms. The summed E-state index contributed by atoms with van der Waals surface area (Å²) in [5, 5.41) is 12.6. The molecule has 0 saturated carbocycles. The van der Waals surface area contributed by atoms with Crippen molar-refractivity contribution < 1.29 is 0 Å². The molecule has 84 valence electrons. The number of hydrogen-bond donors (Lipinski definition) is 1. The molecule has 17 heavy (non-hydrogen) atoms. The Labute approximate surface area is 105 Å². The molecular formula is C14H11ClN2. The highest BCUT2D eigenvalue weighted by Crippen LogP contribution is 2.26. The minimum atomic E-state index is 0.644. The van der Waals surface area contributed by atoms with Crippen LogP contribution in [0.3, 0.4) is 0 Å². The smallest absolute Gasteiger partial charge is 0.0991 e. The first-order chi connectivity index (χ1) is 8.19. The van der Waals surface area contributed by atoms with E-state index in [2.05, 4.69) is 11.4 Å². The summed E-state index contributed by atoms with van der Waals surface area (Å²) in [6.45, 7) is 2.01. The average molecular weight is 243 g/mol. The van der Waals surface area contributed by atoms with Gasteiger partial charge in [0.1, 0.15) is 0 Å². The van der Waals surface area contributed by atoms with Crippen LogP contribution in [0, 0.1) is 18.3 Å². The molecule has 0 saturated heterocycles. The van der Waals surface area contributed by atoms with Gasteiger partial charge in [0.05, 0.1) is 22.3 Å². The van der Waals surface area contributed by atoms with Gasteiger partial charge in [-0.15, -0.1) is 0 Å². The molecule has 0 fully saturated rings. The molecule has 0 amide bonds. The van der Waals surface area contributed by atoms with E-state index in [0.717, 1.165) is 16.9 Å². The Kier molecular flexibility index (Phi) is 3.32. The largest absolute Gasteiger partial charge is 0.354 e. The fraction of sp³-hybridized carbons (Fsp3) is 0.0714. The first-order valence-corrected chi connectivity index (χ1v) is 5.60. The third-order valence-corrected chi connectivity index (χ3v) is 2.74. The Morgan fingerprint density at radius 2 is 1.82 bits per heavy atom. The molecule has 0 aliphatic carbocycles. The normalized spacial score (nSPS) is 9.71. The van der Waals surface area contributed by atoms with Crippen LogP contribution in [0.1, 0.15) is 11.1 Å². The maximum Gasteiger partial charge on any atom is 0.0991 e. The van der Waals surface area contributed by atoms with Gasteiger partial charge in [-0.05, 0) is 48.9 Å². The summed E-state index contributed by atoms with van der Waals surface area (Å²) in [4.78, 5) is 0. The van der Waals surface area contributed by atoms with Gasteiger partial charge in [0.15, 0.2) is 0 Å². The Morgan fingerprint density at radius 1 is 1.12 bits per heavy atom. The average Bonchev–Trinajstić information content (AvgIpc) is 2.35.